The third-order valence-corrected chi connectivity index (χ3v) is 6.21. The number of carbonyl (C=O) groups is 2. The average Bonchev–Trinajstić information content (AvgIpc) is 2.80. The molecule has 1 atom stereocenters. The van der Waals surface area contributed by atoms with Crippen molar-refractivity contribution in [1.29, 1.82) is 0 Å². The number of para-hydroxylation sites is 1. The zero-order chi connectivity index (χ0) is 24.9. The van der Waals surface area contributed by atoms with E-state index in [1.54, 1.807) is 12.1 Å². The lowest BCUT2D eigenvalue weighted by Crippen LogP contribution is -2.30. The van der Waals surface area contributed by atoms with E-state index in [4.69, 9.17) is 21.1 Å². The van der Waals surface area contributed by atoms with E-state index < -0.39 is 33.8 Å². The number of anilines is 2. The summed E-state index contributed by atoms with van der Waals surface area (Å²) >= 11 is 5.94. The Morgan fingerprint density at radius 2 is 1.68 bits per heavy atom. The first-order valence-corrected chi connectivity index (χ1v) is 11.7. The first kappa shape index (κ1) is 25.0. The van der Waals surface area contributed by atoms with Gasteiger partial charge < -0.3 is 14.8 Å². The number of halogens is 2. The molecule has 0 aromatic heterocycles. The third kappa shape index (κ3) is 6.03. The summed E-state index contributed by atoms with van der Waals surface area (Å²) in [4.78, 5) is 24.7. The third-order valence-electron chi connectivity index (χ3n) is 4.59. The second-order valence-corrected chi connectivity index (χ2v) is 9.11. The maximum absolute atomic E-state index is 13.8. The molecule has 11 heteroatoms. The molecule has 0 aliphatic heterocycles. The molecule has 3 aromatic rings. The van der Waals surface area contributed by atoms with Crippen molar-refractivity contribution in [3.63, 3.8) is 0 Å². The van der Waals surface area contributed by atoms with Crippen LogP contribution in [0.2, 0.25) is 5.02 Å². The number of rotatable bonds is 8. The summed E-state index contributed by atoms with van der Waals surface area (Å²) in [6.45, 7) is 1.38. The first-order chi connectivity index (χ1) is 16.1. The number of nitrogens with one attached hydrogen (secondary N) is 2. The molecule has 0 unspecified atom stereocenters. The average molecular weight is 507 g/mol. The van der Waals surface area contributed by atoms with Gasteiger partial charge in [-0.15, -0.1) is 0 Å². The normalized spacial score (nSPS) is 11.9. The van der Waals surface area contributed by atoms with E-state index in [9.17, 15) is 22.4 Å². The number of amides is 1. The summed E-state index contributed by atoms with van der Waals surface area (Å²) in [6, 6.07) is 14.8. The Kier molecular flexibility index (Phi) is 7.75. The minimum atomic E-state index is -4.09. The van der Waals surface area contributed by atoms with Crippen LogP contribution >= 0.6 is 11.6 Å². The fourth-order valence-electron chi connectivity index (χ4n) is 2.81. The van der Waals surface area contributed by atoms with Gasteiger partial charge in [-0.3, -0.25) is 9.52 Å². The van der Waals surface area contributed by atoms with E-state index in [0.29, 0.717) is 16.5 Å². The predicted octanol–water partition coefficient (Wildman–Crippen LogP) is 4.47. The van der Waals surface area contributed by atoms with E-state index in [2.05, 4.69) is 10.0 Å². The fourth-order valence-corrected chi connectivity index (χ4v) is 4.05. The molecule has 0 saturated heterocycles. The van der Waals surface area contributed by atoms with Crippen molar-refractivity contribution in [3.05, 3.63) is 83.1 Å². The molecule has 0 aliphatic carbocycles. The molecule has 0 radical (unpaired) electrons. The van der Waals surface area contributed by atoms with Gasteiger partial charge in [0.1, 0.15) is 11.6 Å². The molecule has 3 aromatic carbocycles. The second-order valence-electron chi connectivity index (χ2n) is 6.99. The molecule has 0 spiro atoms. The van der Waals surface area contributed by atoms with E-state index in [-0.39, 0.29) is 16.1 Å². The standard InChI is InChI=1S/C23H20ClFN2O6S/c1-14(22(28)26-20-13-16(24)9-12-21(20)32-2)33-23(29)15-7-10-17(11-8-15)34(30,31)27-19-6-4-3-5-18(19)25/h3-14,27H,1-2H3,(H,26,28)/t14-/m0/s1. The Balaban J connectivity index is 1.66. The van der Waals surface area contributed by atoms with Crippen LogP contribution in [0.1, 0.15) is 17.3 Å². The van der Waals surface area contributed by atoms with Crippen LogP contribution in [-0.4, -0.2) is 33.5 Å². The van der Waals surface area contributed by atoms with Crippen LogP contribution in [0.4, 0.5) is 15.8 Å². The minimum Gasteiger partial charge on any atom is -0.495 e. The molecular formula is C23H20ClFN2O6S. The van der Waals surface area contributed by atoms with Crippen LogP contribution in [-0.2, 0) is 19.6 Å². The summed E-state index contributed by atoms with van der Waals surface area (Å²) in [5.74, 6) is -1.82. The Morgan fingerprint density at radius 1 is 1.00 bits per heavy atom. The highest BCUT2D eigenvalue weighted by atomic mass is 35.5. The quantitative estimate of drug-likeness (QED) is 0.436. The van der Waals surface area contributed by atoms with Crippen molar-refractivity contribution >= 4 is 44.9 Å². The lowest BCUT2D eigenvalue weighted by molar-refractivity contribution is -0.123. The highest BCUT2D eigenvalue weighted by Gasteiger charge is 2.22. The number of sulfonamides is 1. The fraction of sp³-hybridized carbons (Fsp3) is 0.130. The highest BCUT2D eigenvalue weighted by molar-refractivity contribution is 7.92. The number of methoxy groups -OCH3 is 1. The number of benzene rings is 3. The van der Waals surface area contributed by atoms with Gasteiger partial charge in [0, 0.05) is 5.02 Å². The summed E-state index contributed by atoms with van der Waals surface area (Å²) in [6.07, 6.45) is -1.18. The SMILES string of the molecule is COc1ccc(Cl)cc1NC(=O)[C@H](C)OC(=O)c1ccc(S(=O)(=O)Nc2ccccc2F)cc1. The Morgan fingerprint density at radius 3 is 2.32 bits per heavy atom. The molecule has 8 nitrogen and oxygen atoms in total. The summed E-state index contributed by atoms with van der Waals surface area (Å²) in [5.41, 5.74) is 0.117. The molecule has 0 fully saturated rings. The highest BCUT2D eigenvalue weighted by Crippen LogP contribution is 2.28. The predicted molar refractivity (Wildman–Crippen MR) is 125 cm³/mol. The Hall–Kier alpha value is -3.63. The van der Waals surface area contributed by atoms with Crippen molar-refractivity contribution < 1.29 is 31.9 Å². The number of carbonyl (C=O) groups excluding carboxylic acids is 2. The summed E-state index contributed by atoms with van der Waals surface area (Å²) in [7, 11) is -2.66. The van der Waals surface area contributed by atoms with Crippen molar-refractivity contribution in [3.8, 4) is 5.75 Å². The van der Waals surface area contributed by atoms with Gasteiger partial charge in [-0.25, -0.2) is 17.6 Å². The van der Waals surface area contributed by atoms with Gasteiger partial charge in [-0.05, 0) is 61.5 Å². The molecule has 2 N–H and O–H groups in total. The molecule has 1 amide bonds. The van der Waals surface area contributed by atoms with Gasteiger partial charge in [-0.2, -0.15) is 0 Å². The van der Waals surface area contributed by atoms with E-state index in [1.807, 2.05) is 0 Å². The van der Waals surface area contributed by atoms with Crippen LogP contribution < -0.4 is 14.8 Å². The van der Waals surface area contributed by atoms with Crippen LogP contribution in [0.25, 0.3) is 0 Å². The summed E-state index contributed by atoms with van der Waals surface area (Å²) in [5, 5.41) is 2.95. The summed E-state index contributed by atoms with van der Waals surface area (Å²) < 4.78 is 51.2. The minimum absolute atomic E-state index is 0.0184. The number of hydrogen-bond donors (Lipinski definition) is 2. The maximum atomic E-state index is 13.8. The molecule has 0 aliphatic rings. The molecule has 34 heavy (non-hydrogen) atoms. The smallest absolute Gasteiger partial charge is 0.338 e. The molecule has 178 valence electrons. The number of esters is 1. The maximum Gasteiger partial charge on any atom is 0.338 e. The number of ether oxygens (including phenoxy) is 2. The van der Waals surface area contributed by atoms with Crippen LogP contribution in [0.5, 0.6) is 5.75 Å². The monoisotopic (exact) mass is 506 g/mol. The van der Waals surface area contributed by atoms with Gasteiger partial charge in [0.05, 0.1) is 28.9 Å². The van der Waals surface area contributed by atoms with Gasteiger partial charge in [0.25, 0.3) is 15.9 Å². The zero-order valence-electron chi connectivity index (χ0n) is 18.0. The Bertz CT molecular complexity index is 1320. The molecule has 0 saturated carbocycles. The molecular weight excluding hydrogens is 487 g/mol. The van der Waals surface area contributed by atoms with Crippen LogP contribution in [0, 0.1) is 5.82 Å². The lowest BCUT2D eigenvalue weighted by Gasteiger charge is -2.15. The van der Waals surface area contributed by atoms with Crippen molar-refractivity contribution in [1.82, 2.24) is 0 Å². The second kappa shape index (κ2) is 10.5. The van der Waals surface area contributed by atoms with Crippen molar-refractivity contribution in [2.45, 2.75) is 17.9 Å². The van der Waals surface area contributed by atoms with E-state index in [0.717, 1.165) is 6.07 Å². The van der Waals surface area contributed by atoms with Crippen LogP contribution in [0.15, 0.2) is 71.6 Å². The van der Waals surface area contributed by atoms with Gasteiger partial charge in [0.15, 0.2) is 6.10 Å². The van der Waals surface area contributed by atoms with Gasteiger partial charge >= 0.3 is 5.97 Å². The van der Waals surface area contributed by atoms with E-state index >= 15 is 0 Å². The number of hydrogen-bond acceptors (Lipinski definition) is 6. The van der Waals surface area contributed by atoms with Crippen LogP contribution in [0.3, 0.4) is 0 Å². The van der Waals surface area contributed by atoms with Gasteiger partial charge in [0.2, 0.25) is 0 Å². The van der Waals surface area contributed by atoms with Crippen molar-refractivity contribution in [2.75, 3.05) is 17.1 Å². The molecule has 0 heterocycles. The lowest BCUT2D eigenvalue weighted by atomic mass is 10.2. The topological polar surface area (TPSA) is 111 Å². The first-order valence-electron chi connectivity index (χ1n) is 9.83. The van der Waals surface area contributed by atoms with Crippen molar-refractivity contribution in [2.24, 2.45) is 0 Å². The van der Waals surface area contributed by atoms with Gasteiger partial charge in [-0.1, -0.05) is 23.7 Å². The molecule has 3 rings (SSSR count). The largest absolute Gasteiger partial charge is 0.495 e. The zero-order valence-corrected chi connectivity index (χ0v) is 19.6. The Labute approximate surface area is 200 Å². The van der Waals surface area contributed by atoms with E-state index in [1.165, 1.54) is 62.6 Å². The molecule has 0 bridgehead atoms.